The van der Waals surface area contributed by atoms with Crippen LogP contribution in [-0.2, 0) is 9.47 Å². The highest BCUT2D eigenvalue weighted by atomic mass is 16.5. The third-order valence-corrected chi connectivity index (χ3v) is 2.84. The quantitative estimate of drug-likeness (QED) is 0.374. The van der Waals surface area contributed by atoms with Gasteiger partial charge in [-0.25, -0.2) is 0 Å². The van der Waals surface area contributed by atoms with Gasteiger partial charge in [0.1, 0.15) is 12.4 Å². The maximum atomic E-state index is 5.54. The first-order valence-electron chi connectivity index (χ1n) is 7.44. The van der Waals surface area contributed by atoms with E-state index in [0.717, 1.165) is 29.9 Å². The van der Waals surface area contributed by atoms with Gasteiger partial charge in [0, 0.05) is 13.7 Å². The molecule has 22 heavy (non-hydrogen) atoms. The van der Waals surface area contributed by atoms with E-state index in [-0.39, 0.29) is 0 Å². The first-order valence-corrected chi connectivity index (χ1v) is 7.44. The predicted octanol–water partition coefficient (Wildman–Crippen LogP) is 3.71. The van der Waals surface area contributed by atoms with Crippen LogP contribution in [0.5, 0.6) is 5.75 Å². The van der Waals surface area contributed by atoms with Crippen LogP contribution in [0.3, 0.4) is 0 Å². The van der Waals surface area contributed by atoms with Crippen LogP contribution in [0.4, 0.5) is 0 Å². The highest BCUT2D eigenvalue weighted by molar-refractivity contribution is 5.76. The van der Waals surface area contributed by atoms with Gasteiger partial charge >= 0.3 is 0 Å². The van der Waals surface area contributed by atoms with Crippen LogP contribution >= 0.6 is 0 Å². The summed E-state index contributed by atoms with van der Waals surface area (Å²) in [6, 6.07) is 7.83. The molecule has 0 bridgehead atoms. The lowest BCUT2D eigenvalue weighted by Gasteiger charge is -2.07. The van der Waals surface area contributed by atoms with Crippen LogP contribution in [0.15, 0.2) is 42.5 Å². The van der Waals surface area contributed by atoms with Gasteiger partial charge in [0.25, 0.3) is 0 Å². The fourth-order valence-corrected chi connectivity index (χ4v) is 1.77. The Hall–Kier alpha value is -2.02. The lowest BCUT2D eigenvalue weighted by atomic mass is 10.0. The van der Waals surface area contributed by atoms with Gasteiger partial charge in [0.05, 0.1) is 13.2 Å². The Morgan fingerprint density at radius 1 is 1.18 bits per heavy atom. The second kappa shape index (κ2) is 11.6. The molecule has 0 spiro atoms. The topological polar surface area (TPSA) is 27.7 Å². The Morgan fingerprint density at radius 2 is 1.95 bits per heavy atom. The van der Waals surface area contributed by atoms with Crippen molar-refractivity contribution in [3.05, 3.63) is 48.1 Å². The molecule has 1 rings (SSSR count). The summed E-state index contributed by atoms with van der Waals surface area (Å²) in [6.07, 6.45) is 12.1. The van der Waals surface area contributed by atoms with Crippen molar-refractivity contribution in [3.63, 3.8) is 0 Å². The van der Waals surface area contributed by atoms with Gasteiger partial charge in [0.15, 0.2) is 0 Å². The molecule has 0 atom stereocenters. The van der Waals surface area contributed by atoms with E-state index in [1.165, 1.54) is 0 Å². The second-order valence-corrected chi connectivity index (χ2v) is 4.61. The van der Waals surface area contributed by atoms with E-state index in [1.54, 1.807) is 13.2 Å². The number of allylic oxidation sites excluding steroid dienone is 3. The van der Waals surface area contributed by atoms with Gasteiger partial charge in [-0.1, -0.05) is 37.1 Å². The summed E-state index contributed by atoms with van der Waals surface area (Å²) >= 11 is 0. The highest BCUT2D eigenvalue weighted by Crippen LogP contribution is 2.19. The normalized spacial score (nSPS) is 11.6. The third kappa shape index (κ3) is 7.12. The Morgan fingerprint density at radius 3 is 2.59 bits per heavy atom. The summed E-state index contributed by atoms with van der Waals surface area (Å²) in [5.41, 5.74) is 2.02. The Bertz CT molecular complexity index is 506. The Labute approximate surface area is 133 Å². The van der Waals surface area contributed by atoms with Crippen molar-refractivity contribution in [2.45, 2.75) is 13.3 Å². The summed E-state index contributed by atoms with van der Waals surface area (Å²) in [6.45, 7) is 4.56. The predicted molar refractivity (Wildman–Crippen MR) is 90.9 cm³/mol. The van der Waals surface area contributed by atoms with Gasteiger partial charge < -0.3 is 14.2 Å². The number of rotatable bonds is 10. The molecule has 0 N–H and O–H groups in total. The van der Waals surface area contributed by atoms with Crippen LogP contribution < -0.4 is 4.74 Å². The van der Waals surface area contributed by atoms with Crippen molar-refractivity contribution in [2.75, 3.05) is 33.5 Å². The Kier molecular flexibility index (Phi) is 9.52. The molecule has 1 aromatic rings. The summed E-state index contributed by atoms with van der Waals surface area (Å²) in [5, 5.41) is 0. The van der Waals surface area contributed by atoms with E-state index in [0.29, 0.717) is 19.8 Å². The molecular weight excluding hydrogens is 276 g/mol. The molecule has 0 aromatic heterocycles. The zero-order valence-corrected chi connectivity index (χ0v) is 13.4. The van der Waals surface area contributed by atoms with E-state index in [2.05, 4.69) is 12.8 Å². The van der Waals surface area contributed by atoms with Crippen molar-refractivity contribution in [3.8, 4) is 18.1 Å². The van der Waals surface area contributed by atoms with Crippen molar-refractivity contribution < 1.29 is 14.2 Å². The fraction of sp³-hybridized carbons (Fsp3) is 0.368. The van der Waals surface area contributed by atoms with Crippen molar-refractivity contribution in [1.29, 1.82) is 0 Å². The molecule has 0 saturated heterocycles. The third-order valence-electron chi connectivity index (χ3n) is 2.84. The zero-order valence-electron chi connectivity index (χ0n) is 13.4. The van der Waals surface area contributed by atoms with E-state index in [9.17, 15) is 0 Å². The monoisotopic (exact) mass is 300 g/mol. The Balaban J connectivity index is 2.64. The number of methoxy groups -OCH3 is 1. The van der Waals surface area contributed by atoms with Gasteiger partial charge in [-0.05, 0) is 35.8 Å². The molecule has 1 aromatic carbocycles. The molecule has 3 heteroatoms. The summed E-state index contributed by atoms with van der Waals surface area (Å²) < 4.78 is 15.9. The van der Waals surface area contributed by atoms with Gasteiger partial charge in [-0.3, -0.25) is 0 Å². The molecular formula is C19H24O3. The largest absolute Gasteiger partial charge is 0.491 e. The minimum absolute atomic E-state index is 0.539. The maximum absolute atomic E-state index is 5.54. The molecule has 118 valence electrons. The van der Waals surface area contributed by atoms with Crippen LogP contribution in [0.2, 0.25) is 0 Å². The highest BCUT2D eigenvalue weighted by Gasteiger charge is 1.99. The van der Waals surface area contributed by atoms with Crippen LogP contribution in [0.1, 0.15) is 18.9 Å². The lowest BCUT2D eigenvalue weighted by Crippen LogP contribution is -2.04. The molecule has 0 heterocycles. The average molecular weight is 300 g/mol. The average Bonchev–Trinajstić information content (AvgIpc) is 2.55. The van der Waals surface area contributed by atoms with E-state index in [1.807, 2.05) is 36.4 Å². The molecule has 0 aliphatic rings. The minimum atomic E-state index is 0.539. The first-order chi connectivity index (χ1) is 10.8. The second-order valence-electron chi connectivity index (χ2n) is 4.61. The maximum Gasteiger partial charge on any atom is 0.119 e. The van der Waals surface area contributed by atoms with Crippen LogP contribution in [0, 0.1) is 12.3 Å². The molecule has 0 fully saturated rings. The minimum Gasteiger partial charge on any atom is -0.491 e. The summed E-state index contributed by atoms with van der Waals surface area (Å²) in [7, 11) is 1.65. The van der Waals surface area contributed by atoms with E-state index < -0.39 is 0 Å². The van der Waals surface area contributed by atoms with Gasteiger partial charge in [0.2, 0.25) is 0 Å². The molecule has 0 radical (unpaired) electrons. The van der Waals surface area contributed by atoms with E-state index in [4.69, 9.17) is 20.6 Å². The van der Waals surface area contributed by atoms with Gasteiger partial charge in [-0.15, -0.1) is 6.42 Å². The zero-order chi connectivity index (χ0) is 16.0. The van der Waals surface area contributed by atoms with Crippen molar-refractivity contribution in [2.24, 2.45) is 0 Å². The number of hydrogen-bond donors (Lipinski definition) is 0. The SMILES string of the molecule is C#C/C=C(\C=C/COCCC)c1ccc(OCCOC)cc1. The van der Waals surface area contributed by atoms with E-state index >= 15 is 0 Å². The number of terminal acetylenes is 1. The molecule has 0 aliphatic carbocycles. The lowest BCUT2D eigenvalue weighted by molar-refractivity contribution is 0.146. The number of ether oxygens (including phenoxy) is 3. The summed E-state index contributed by atoms with van der Waals surface area (Å²) in [5.74, 6) is 3.39. The molecule has 0 aliphatic heterocycles. The molecule has 0 saturated carbocycles. The fourth-order valence-electron chi connectivity index (χ4n) is 1.77. The number of hydrogen-bond acceptors (Lipinski definition) is 3. The molecule has 0 unspecified atom stereocenters. The summed E-state index contributed by atoms with van der Waals surface area (Å²) in [4.78, 5) is 0. The van der Waals surface area contributed by atoms with Crippen molar-refractivity contribution in [1.82, 2.24) is 0 Å². The standard InChI is InChI=1S/C19H24O3/c1-4-7-17(8-6-14-21-13-5-2)18-9-11-19(12-10-18)22-16-15-20-3/h1,6-12H,5,13-16H2,2-3H3/b8-6-,17-7+. The molecule has 0 amide bonds. The van der Waals surface area contributed by atoms with Gasteiger partial charge in [-0.2, -0.15) is 0 Å². The molecule has 3 nitrogen and oxygen atoms in total. The first kappa shape index (κ1) is 18.0. The van der Waals surface area contributed by atoms with Crippen LogP contribution in [-0.4, -0.2) is 33.5 Å². The van der Waals surface area contributed by atoms with Crippen LogP contribution in [0.25, 0.3) is 5.57 Å². The number of benzene rings is 1. The van der Waals surface area contributed by atoms with Crippen molar-refractivity contribution >= 4 is 5.57 Å². The smallest absolute Gasteiger partial charge is 0.119 e.